The summed E-state index contributed by atoms with van der Waals surface area (Å²) in [5.41, 5.74) is 1.02. The van der Waals surface area contributed by atoms with Crippen molar-refractivity contribution in [2.24, 2.45) is 0 Å². The van der Waals surface area contributed by atoms with Crippen molar-refractivity contribution in [2.75, 3.05) is 33.9 Å². The van der Waals surface area contributed by atoms with Crippen LogP contribution in [0.1, 0.15) is 23.8 Å². The highest BCUT2D eigenvalue weighted by atomic mass is 16.5. The van der Waals surface area contributed by atoms with E-state index in [4.69, 9.17) is 14.0 Å². The molecule has 0 aliphatic carbocycles. The number of carbonyl (C=O) groups is 1. The van der Waals surface area contributed by atoms with E-state index in [9.17, 15) is 4.79 Å². The molecule has 3 rings (SSSR count). The zero-order valence-electron chi connectivity index (χ0n) is 14.5. The molecular formula is C18H23N3O4. The van der Waals surface area contributed by atoms with E-state index in [2.05, 4.69) is 10.5 Å². The minimum Gasteiger partial charge on any atom is -0.496 e. The fourth-order valence-electron chi connectivity index (χ4n) is 3.10. The molecule has 0 spiro atoms. The van der Waals surface area contributed by atoms with Crippen molar-refractivity contribution in [3.8, 4) is 11.6 Å². The second kappa shape index (κ2) is 8.02. The molecule has 1 aliphatic heterocycles. The maximum Gasteiger partial charge on any atom is 0.254 e. The Morgan fingerprint density at radius 1 is 1.36 bits per heavy atom. The summed E-state index contributed by atoms with van der Waals surface area (Å²) < 4.78 is 15.6. The molecule has 1 fully saturated rings. The van der Waals surface area contributed by atoms with Gasteiger partial charge in [0.25, 0.3) is 5.88 Å². The smallest absolute Gasteiger partial charge is 0.254 e. The number of piperazine rings is 1. The van der Waals surface area contributed by atoms with Gasteiger partial charge in [-0.05, 0) is 11.2 Å². The molecule has 2 aromatic rings. The molecule has 1 atom stereocenters. The maximum absolute atomic E-state index is 12.8. The summed E-state index contributed by atoms with van der Waals surface area (Å²) in [5.74, 6) is 1.97. The predicted octanol–water partition coefficient (Wildman–Crippen LogP) is 1.80. The number of hydrogen-bond donors (Lipinski definition) is 1. The normalized spacial score (nSPS) is 17.4. The number of methoxy groups -OCH3 is 2. The predicted molar refractivity (Wildman–Crippen MR) is 91.7 cm³/mol. The fourth-order valence-corrected chi connectivity index (χ4v) is 3.10. The molecule has 7 nitrogen and oxygen atoms in total. The molecule has 0 bridgehead atoms. The Morgan fingerprint density at radius 2 is 2.20 bits per heavy atom. The molecule has 0 saturated carbocycles. The third kappa shape index (κ3) is 3.93. The zero-order chi connectivity index (χ0) is 17.6. The van der Waals surface area contributed by atoms with Gasteiger partial charge < -0.3 is 24.2 Å². The van der Waals surface area contributed by atoms with Gasteiger partial charge in [0.1, 0.15) is 11.5 Å². The van der Waals surface area contributed by atoms with Gasteiger partial charge in [0.2, 0.25) is 5.91 Å². The molecule has 1 N–H and O–H groups in total. The third-order valence-corrected chi connectivity index (χ3v) is 4.39. The van der Waals surface area contributed by atoms with Crippen LogP contribution in [0.2, 0.25) is 0 Å². The van der Waals surface area contributed by atoms with Gasteiger partial charge in [-0.15, -0.1) is 0 Å². The highest BCUT2D eigenvalue weighted by Crippen LogP contribution is 2.30. The van der Waals surface area contributed by atoms with Crippen LogP contribution >= 0.6 is 0 Å². The summed E-state index contributed by atoms with van der Waals surface area (Å²) in [6.45, 7) is 2.16. The van der Waals surface area contributed by atoms with Crippen LogP contribution < -0.4 is 14.8 Å². The van der Waals surface area contributed by atoms with Crippen LogP contribution in [-0.4, -0.2) is 49.8 Å². The van der Waals surface area contributed by atoms with E-state index < -0.39 is 0 Å². The van der Waals surface area contributed by atoms with Crippen LogP contribution in [0, 0.1) is 0 Å². The van der Waals surface area contributed by atoms with Crippen molar-refractivity contribution >= 4 is 5.91 Å². The van der Waals surface area contributed by atoms with Crippen LogP contribution in [0.4, 0.5) is 0 Å². The maximum atomic E-state index is 12.8. The Hall–Kier alpha value is -2.54. The lowest BCUT2D eigenvalue weighted by Gasteiger charge is -2.37. The molecule has 2 heterocycles. The minimum absolute atomic E-state index is 0.0401. The highest BCUT2D eigenvalue weighted by molar-refractivity contribution is 5.77. The molecule has 1 amide bonds. The molecule has 0 unspecified atom stereocenters. The largest absolute Gasteiger partial charge is 0.496 e. The second-order valence-electron chi connectivity index (χ2n) is 5.88. The van der Waals surface area contributed by atoms with Crippen LogP contribution in [-0.2, 0) is 11.2 Å². The number of benzene rings is 1. The van der Waals surface area contributed by atoms with E-state index in [0.29, 0.717) is 37.6 Å². The van der Waals surface area contributed by atoms with E-state index in [1.807, 2.05) is 29.2 Å². The first-order valence-electron chi connectivity index (χ1n) is 8.35. The lowest BCUT2D eigenvalue weighted by Crippen LogP contribution is -2.48. The van der Waals surface area contributed by atoms with E-state index in [1.54, 1.807) is 13.2 Å². The third-order valence-electron chi connectivity index (χ3n) is 4.39. The van der Waals surface area contributed by atoms with Crippen LogP contribution in [0.15, 0.2) is 34.9 Å². The summed E-state index contributed by atoms with van der Waals surface area (Å²) in [6, 6.07) is 9.51. The summed E-state index contributed by atoms with van der Waals surface area (Å²) in [4.78, 5) is 14.7. The molecule has 134 valence electrons. The van der Waals surface area contributed by atoms with E-state index in [-0.39, 0.29) is 11.9 Å². The first-order chi connectivity index (χ1) is 12.2. The number of carbonyl (C=O) groups excluding carboxylic acids is 1. The van der Waals surface area contributed by atoms with Gasteiger partial charge in [0, 0.05) is 44.1 Å². The molecule has 25 heavy (non-hydrogen) atoms. The van der Waals surface area contributed by atoms with Crippen molar-refractivity contribution in [3.63, 3.8) is 0 Å². The number of amides is 1. The Balaban J connectivity index is 1.70. The van der Waals surface area contributed by atoms with Gasteiger partial charge in [-0.2, -0.15) is 0 Å². The van der Waals surface area contributed by atoms with Crippen molar-refractivity contribution < 1.29 is 18.8 Å². The van der Waals surface area contributed by atoms with Crippen molar-refractivity contribution in [3.05, 3.63) is 41.7 Å². The number of nitrogens with one attached hydrogen (secondary N) is 1. The van der Waals surface area contributed by atoms with Gasteiger partial charge in [0.05, 0.1) is 20.3 Å². The summed E-state index contributed by atoms with van der Waals surface area (Å²) in [5, 5.41) is 7.12. The van der Waals surface area contributed by atoms with Crippen LogP contribution in [0.25, 0.3) is 0 Å². The van der Waals surface area contributed by atoms with Gasteiger partial charge in [-0.25, -0.2) is 0 Å². The number of ether oxygens (including phenoxy) is 2. The quantitative estimate of drug-likeness (QED) is 0.860. The number of para-hydroxylation sites is 1. The van der Waals surface area contributed by atoms with Crippen LogP contribution in [0.3, 0.4) is 0 Å². The number of aryl methyl sites for hydroxylation is 1. The molecule has 1 aromatic carbocycles. The monoisotopic (exact) mass is 345 g/mol. The second-order valence-corrected chi connectivity index (χ2v) is 5.88. The number of rotatable bonds is 6. The number of hydrogen-bond acceptors (Lipinski definition) is 6. The SMILES string of the molecule is COc1cc(CCC(=O)N2CCNC[C@H]2c2ccccc2OC)on1. The first-order valence-corrected chi connectivity index (χ1v) is 8.35. The minimum atomic E-state index is -0.0401. The molecule has 7 heteroatoms. The standard InChI is InChI=1S/C18H23N3O4/c1-23-16-6-4-3-5-14(16)15-12-19-9-10-21(15)18(22)8-7-13-11-17(24-2)20-25-13/h3-6,11,15,19H,7-10,12H2,1-2H3/t15-/m0/s1. The van der Waals surface area contributed by atoms with E-state index >= 15 is 0 Å². The van der Waals surface area contributed by atoms with Gasteiger partial charge >= 0.3 is 0 Å². The highest BCUT2D eigenvalue weighted by Gasteiger charge is 2.29. The van der Waals surface area contributed by atoms with Gasteiger partial charge in [0.15, 0.2) is 0 Å². The average molecular weight is 345 g/mol. The topological polar surface area (TPSA) is 76.8 Å². The number of aromatic nitrogens is 1. The van der Waals surface area contributed by atoms with Gasteiger partial charge in [-0.1, -0.05) is 18.2 Å². The van der Waals surface area contributed by atoms with Crippen molar-refractivity contribution in [1.29, 1.82) is 0 Å². The van der Waals surface area contributed by atoms with Crippen LogP contribution in [0.5, 0.6) is 11.6 Å². The average Bonchev–Trinajstić information content (AvgIpc) is 3.14. The van der Waals surface area contributed by atoms with E-state index in [1.165, 1.54) is 7.11 Å². The summed E-state index contributed by atoms with van der Waals surface area (Å²) >= 11 is 0. The summed E-state index contributed by atoms with van der Waals surface area (Å²) in [6.07, 6.45) is 0.863. The first kappa shape index (κ1) is 17.3. The molecular weight excluding hydrogens is 322 g/mol. The number of nitrogens with zero attached hydrogens (tertiary/aromatic N) is 2. The summed E-state index contributed by atoms with van der Waals surface area (Å²) in [7, 11) is 3.18. The molecule has 1 aromatic heterocycles. The Bertz CT molecular complexity index is 716. The van der Waals surface area contributed by atoms with Gasteiger partial charge in [-0.3, -0.25) is 4.79 Å². The zero-order valence-corrected chi connectivity index (χ0v) is 14.5. The molecule has 1 saturated heterocycles. The fraction of sp³-hybridized carbons (Fsp3) is 0.444. The van der Waals surface area contributed by atoms with Crippen molar-refractivity contribution in [1.82, 2.24) is 15.4 Å². The Labute approximate surface area is 146 Å². The van der Waals surface area contributed by atoms with E-state index in [0.717, 1.165) is 17.9 Å². The van der Waals surface area contributed by atoms with Crippen molar-refractivity contribution in [2.45, 2.75) is 18.9 Å². The lowest BCUT2D eigenvalue weighted by atomic mass is 10.0. The Morgan fingerprint density at radius 3 is 2.96 bits per heavy atom. The molecule has 1 aliphatic rings. The Kier molecular flexibility index (Phi) is 5.55. The lowest BCUT2D eigenvalue weighted by molar-refractivity contribution is -0.134. The molecule has 0 radical (unpaired) electrons.